The first kappa shape index (κ1) is 11.7. The SMILES string of the molecule is CC(C)C(=Cc1ccc2c(c1)CCO2)CBr. The number of allylic oxidation sites excluding steroid dienone is 1. The minimum absolute atomic E-state index is 0.587. The number of alkyl halides is 1. The first-order valence-electron chi connectivity index (χ1n) is 5.73. The molecule has 1 aliphatic rings. The fourth-order valence-corrected chi connectivity index (χ4v) is 2.68. The van der Waals surface area contributed by atoms with Crippen LogP contribution in [0.3, 0.4) is 0 Å². The van der Waals surface area contributed by atoms with E-state index in [0.29, 0.717) is 5.92 Å². The fraction of sp³-hybridized carbons (Fsp3) is 0.429. The van der Waals surface area contributed by atoms with Crippen LogP contribution in [0.4, 0.5) is 0 Å². The molecule has 1 aromatic carbocycles. The van der Waals surface area contributed by atoms with Crippen molar-refractivity contribution in [1.82, 2.24) is 0 Å². The van der Waals surface area contributed by atoms with Crippen molar-refractivity contribution in [2.45, 2.75) is 20.3 Å². The van der Waals surface area contributed by atoms with Crippen molar-refractivity contribution in [1.29, 1.82) is 0 Å². The lowest BCUT2D eigenvalue weighted by Crippen LogP contribution is -1.94. The molecule has 86 valence electrons. The van der Waals surface area contributed by atoms with Crippen molar-refractivity contribution in [3.63, 3.8) is 0 Å². The van der Waals surface area contributed by atoms with Crippen LogP contribution in [0.5, 0.6) is 5.75 Å². The van der Waals surface area contributed by atoms with Crippen molar-refractivity contribution in [3.05, 3.63) is 34.9 Å². The lowest BCUT2D eigenvalue weighted by Gasteiger charge is -2.08. The highest BCUT2D eigenvalue weighted by Crippen LogP contribution is 2.27. The summed E-state index contributed by atoms with van der Waals surface area (Å²) in [5, 5.41) is 0.943. The maximum Gasteiger partial charge on any atom is 0.122 e. The Labute approximate surface area is 106 Å². The second-order valence-corrected chi connectivity index (χ2v) is 5.03. The highest BCUT2D eigenvalue weighted by molar-refractivity contribution is 9.09. The van der Waals surface area contributed by atoms with Crippen LogP contribution in [0.1, 0.15) is 25.0 Å². The summed E-state index contributed by atoms with van der Waals surface area (Å²) in [6, 6.07) is 6.46. The minimum atomic E-state index is 0.587. The quantitative estimate of drug-likeness (QED) is 0.759. The Kier molecular flexibility index (Phi) is 3.70. The Hall–Kier alpha value is -0.760. The zero-order valence-electron chi connectivity index (χ0n) is 9.79. The predicted molar refractivity (Wildman–Crippen MR) is 72.3 cm³/mol. The van der Waals surface area contributed by atoms with Crippen LogP contribution in [0, 0.1) is 5.92 Å². The van der Waals surface area contributed by atoms with Crippen LogP contribution in [0.15, 0.2) is 23.8 Å². The summed E-state index contributed by atoms with van der Waals surface area (Å²) in [5.74, 6) is 1.64. The Balaban J connectivity index is 2.28. The Morgan fingerprint density at radius 2 is 2.31 bits per heavy atom. The van der Waals surface area contributed by atoms with Crippen molar-refractivity contribution in [3.8, 4) is 5.75 Å². The van der Waals surface area contributed by atoms with Crippen LogP contribution in [-0.2, 0) is 6.42 Å². The van der Waals surface area contributed by atoms with Crippen molar-refractivity contribution >= 4 is 22.0 Å². The molecular weight excluding hydrogens is 264 g/mol. The first-order valence-corrected chi connectivity index (χ1v) is 6.85. The monoisotopic (exact) mass is 280 g/mol. The van der Waals surface area contributed by atoms with Gasteiger partial charge in [-0.1, -0.05) is 47.5 Å². The largest absolute Gasteiger partial charge is 0.493 e. The molecule has 1 aliphatic heterocycles. The van der Waals surface area contributed by atoms with Gasteiger partial charge in [-0.3, -0.25) is 0 Å². The number of ether oxygens (including phenoxy) is 1. The second kappa shape index (κ2) is 5.05. The summed E-state index contributed by atoms with van der Waals surface area (Å²) < 4.78 is 5.50. The molecule has 0 N–H and O–H groups in total. The average Bonchev–Trinajstić information content (AvgIpc) is 2.72. The van der Waals surface area contributed by atoms with Gasteiger partial charge in [0, 0.05) is 11.8 Å². The third-order valence-electron chi connectivity index (χ3n) is 2.96. The van der Waals surface area contributed by atoms with Crippen molar-refractivity contribution in [2.75, 3.05) is 11.9 Å². The maximum atomic E-state index is 5.50. The fourth-order valence-electron chi connectivity index (χ4n) is 1.87. The molecule has 0 aliphatic carbocycles. The second-order valence-electron chi connectivity index (χ2n) is 4.47. The standard InChI is InChI=1S/C14H17BrO/c1-10(2)13(9-15)8-11-3-4-14-12(7-11)5-6-16-14/h3-4,7-8,10H,5-6,9H2,1-2H3. The van der Waals surface area contributed by atoms with Crippen molar-refractivity contribution < 1.29 is 4.74 Å². The highest BCUT2D eigenvalue weighted by atomic mass is 79.9. The highest BCUT2D eigenvalue weighted by Gasteiger charge is 2.11. The summed E-state index contributed by atoms with van der Waals surface area (Å²) in [5.41, 5.74) is 4.05. The van der Waals surface area contributed by atoms with Gasteiger partial charge in [0.15, 0.2) is 0 Å². The average molecular weight is 281 g/mol. The van der Waals surface area contributed by atoms with Gasteiger partial charge in [-0.25, -0.2) is 0 Å². The van der Waals surface area contributed by atoms with Gasteiger partial charge in [-0.15, -0.1) is 0 Å². The molecule has 0 amide bonds. The molecule has 0 radical (unpaired) electrons. The summed E-state index contributed by atoms with van der Waals surface area (Å²) in [4.78, 5) is 0. The molecule has 1 heterocycles. The van der Waals surface area contributed by atoms with Gasteiger partial charge in [0.2, 0.25) is 0 Å². The van der Waals surface area contributed by atoms with Gasteiger partial charge in [-0.2, -0.15) is 0 Å². The summed E-state index contributed by atoms with van der Waals surface area (Å²) in [6.45, 7) is 5.28. The predicted octanol–water partition coefficient (Wildman–Crippen LogP) is 4.06. The molecule has 0 atom stereocenters. The zero-order valence-corrected chi connectivity index (χ0v) is 11.4. The number of hydrogen-bond acceptors (Lipinski definition) is 1. The number of hydrogen-bond donors (Lipinski definition) is 0. The molecule has 16 heavy (non-hydrogen) atoms. The van der Waals surface area contributed by atoms with E-state index in [1.165, 1.54) is 16.7 Å². The molecule has 2 rings (SSSR count). The van der Waals surface area contributed by atoms with E-state index in [4.69, 9.17) is 4.74 Å². The van der Waals surface area contributed by atoms with E-state index in [-0.39, 0.29) is 0 Å². The molecule has 2 heteroatoms. The van der Waals surface area contributed by atoms with E-state index in [2.05, 4.69) is 54.1 Å². The van der Waals surface area contributed by atoms with Crippen LogP contribution < -0.4 is 4.74 Å². The molecule has 0 bridgehead atoms. The number of rotatable bonds is 3. The molecule has 0 unspecified atom stereocenters. The lowest BCUT2D eigenvalue weighted by atomic mass is 10.0. The molecular formula is C14H17BrO. The molecule has 1 aromatic rings. The maximum absolute atomic E-state index is 5.50. The third-order valence-corrected chi connectivity index (χ3v) is 3.61. The molecule has 0 fully saturated rings. The van der Waals surface area contributed by atoms with Crippen LogP contribution in [-0.4, -0.2) is 11.9 Å². The lowest BCUT2D eigenvalue weighted by molar-refractivity contribution is 0.357. The number of fused-ring (bicyclic) bond motifs is 1. The van der Waals surface area contributed by atoms with Crippen molar-refractivity contribution in [2.24, 2.45) is 5.92 Å². The van der Waals surface area contributed by atoms with E-state index in [1.54, 1.807) is 0 Å². The third kappa shape index (κ3) is 2.49. The first-order chi connectivity index (χ1) is 7.70. The summed E-state index contributed by atoms with van der Waals surface area (Å²) in [6.07, 6.45) is 3.32. The minimum Gasteiger partial charge on any atom is -0.493 e. The molecule has 0 saturated carbocycles. The van der Waals surface area contributed by atoms with Gasteiger partial charge in [0.05, 0.1) is 6.61 Å². The van der Waals surface area contributed by atoms with E-state index in [9.17, 15) is 0 Å². The Bertz CT molecular complexity index is 407. The van der Waals surface area contributed by atoms with E-state index in [1.807, 2.05) is 0 Å². The summed E-state index contributed by atoms with van der Waals surface area (Å²) >= 11 is 3.54. The Morgan fingerprint density at radius 3 is 3.00 bits per heavy atom. The summed E-state index contributed by atoms with van der Waals surface area (Å²) in [7, 11) is 0. The normalized spacial score (nSPS) is 15.1. The number of benzene rings is 1. The molecule has 1 nitrogen and oxygen atoms in total. The zero-order chi connectivity index (χ0) is 11.5. The van der Waals surface area contributed by atoms with E-state index >= 15 is 0 Å². The van der Waals surface area contributed by atoms with E-state index in [0.717, 1.165) is 24.1 Å². The van der Waals surface area contributed by atoms with Gasteiger partial charge < -0.3 is 4.74 Å². The van der Waals surface area contributed by atoms with E-state index < -0.39 is 0 Å². The van der Waals surface area contributed by atoms with Gasteiger partial charge in [0.25, 0.3) is 0 Å². The van der Waals surface area contributed by atoms with Gasteiger partial charge in [-0.05, 0) is 29.2 Å². The Morgan fingerprint density at radius 1 is 1.50 bits per heavy atom. The smallest absolute Gasteiger partial charge is 0.122 e. The van der Waals surface area contributed by atoms with Crippen LogP contribution >= 0.6 is 15.9 Å². The molecule has 0 aromatic heterocycles. The van der Waals surface area contributed by atoms with Gasteiger partial charge >= 0.3 is 0 Å². The van der Waals surface area contributed by atoms with Crippen LogP contribution in [0.2, 0.25) is 0 Å². The topological polar surface area (TPSA) is 9.23 Å². The van der Waals surface area contributed by atoms with Gasteiger partial charge in [0.1, 0.15) is 5.75 Å². The molecule has 0 saturated heterocycles. The van der Waals surface area contributed by atoms with Crippen LogP contribution in [0.25, 0.3) is 6.08 Å². The number of halogens is 1. The molecule has 0 spiro atoms.